The standard InChI is InChI=1S/C17H18ClF3N4O.ClH/c18-10-1-7-13(8-2-10)25-15(17(19,20)21)14(9-23-25)16(26)24-12-5-3-11(22)4-6-12;/h1-2,7-9,11-12H,3-6,22H2,(H,24,26);1H. The van der Waals surface area contributed by atoms with Gasteiger partial charge in [-0.05, 0) is 49.9 Å². The summed E-state index contributed by atoms with van der Waals surface area (Å²) in [6.07, 6.45) is -1.01. The van der Waals surface area contributed by atoms with E-state index in [0.717, 1.165) is 19.0 Å². The van der Waals surface area contributed by atoms with Crippen molar-refractivity contribution in [3.05, 3.63) is 46.7 Å². The van der Waals surface area contributed by atoms with E-state index in [4.69, 9.17) is 17.3 Å². The average molecular weight is 423 g/mol. The van der Waals surface area contributed by atoms with Crippen LogP contribution in [0.25, 0.3) is 5.69 Å². The number of rotatable bonds is 3. The van der Waals surface area contributed by atoms with E-state index in [9.17, 15) is 18.0 Å². The number of halogens is 5. The maximum atomic E-state index is 13.6. The Morgan fingerprint density at radius 3 is 2.33 bits per heavy atom. The van der Waals surface area contributed by atoms with Crippen LogP contribution in [0.4, 0.5) is 13.2 Å². The molecule has 27 heavy (non-hydrogen) atoms. The molecule has 0 bridgehead atoms. The first-order valence-corrected chi connectivity index (χ1v) is 8.61. The number of nitrogens with two attached hydrogens (primary N) is 1. The molecule has 1 fully saturated rings. The quantitative estimate of drug-likeness (QED) is 0.785. The molecule has 0 aliphatic heterocycles. The van der Waals surface area contributed by atoms with Crippen LogP contribution in [0, 0.1) is 0 Å². The number of amides is 1. The molecule has 0 unspecified atom stereocenters. The van der Waals surface area contributed by atoms with Gasteiger partial charge in [0.15, 0.2) is 5.69 Å². The Bertz CT molecular complexity index is 784. The van der Waals surface area contributed by atoms with Crippen LogP contribution in [0.3, 0.4) is 0 Å². The molecule has 1 aromatic heterocycles. The van der Waals surface area contributed by atoms with E-state index < -0.39 is 23.3 Å². The maximum absolute atomic E-state index is 13.6. The fourth-order valence-electron chi connectivity index (χ4n) is 3.09. The third kappa shape index (κ3) is 4.94. The van der Waals surface area contributed by atoms with E-state index in [1.54, 1.807) is 0 Å². The molecule has 1 aromatic carbocycles. The molecule has 1 heterocycles. The van der Waals surface area contributed by atoms with Crippen molar-refractivity contribution in [1.29, 1.82) is 0 Å². The predicted octanol–water partition coefficient (Wildman–Crippen LogP) is 3.97. The number of carbonyl (C=O) groups is 1. The van der Waals surface area contributed by atoms with Crippen LogP contribution in [-0.2, 0) is 6.18 Å². The Labute approximate surface area is 165 Å². The number of aromatic nitrogens is 2. The average Bonchev–Trinajstić information content (AvgIpc) is 3.03. The monoisotopic (exact) mass is 422 g/mol. The van der Waals surface area contributed by atoms with Crippen molar-refractivity contribution >= 4 is 29.9 Å². The van der Waals surface area contributed by atoms with Crippen molar-refractivity contribution in [1.82, 2.24) is 15.1 Å². The van der Waals surface area contributed by atoms with Gasteiger partial charge in [-0.2, -0.15) is 18.3 Å². The summed E-state index contributed by atoms with van der Waals surface area (Å²) in [5.41, 5.74) is 4.38. The van der Waals surface area contributed by atoms with Crippen LogP contribution in [0.5, 0.6) is 0 Å². The first-order valence-electron chi connectivity index (χ1n) is 8.23. The summed E-state index contributed by atoms with van der Waals surface area (Å²) >= 11 is 5.78. The molecule has 2 aromatic rings. The molecule has 0 saturated heterocycles. The molecule has 148 valence electrons. The van der Waals surface area contributed by atoms with Gasteiger partial charge in [-0.25, -0.2) is 4.68 Å². The lowest BCUT2D eigenvalue weighted by Gasteiger charge is -2.26. The summed E-state index contributed by atoms with van der Waals surface area (Å²) in [6.45, 7) is 0. The second-order valence-electron chi connectivity index (χ2n) is 6.38. The van der Waals surface area contributed by atoms with E-state index in [0.29, 0.717) is 22.5 Å². The molecule has 1 aliphatic rings. The number of nitrogens with zero attached hydrogens (tertiary/aromatic N) is 2. The lowest BCUT2D eigenvalue weighted by atomic mass is 9.91. The minimum absolute atomic E-state index is 0. The van der Waals surface area contributed by atoms with Crippen molar-refractivity contribution < 1.29 is 18.0 Å². The molecule has 5 nitrogen and oxygen atoms in total. The van der Waals surface area contributed by atoms with Gasteiger partial charge in [0.2, 0.25) is 0 Å². The van der Waals surface area contributed by atoms with Crippen LogP contribution >= 0.6 is 24.0 Å². The lowest BCUT2D eigenvalue weighted by molar-refractivity contribution is -0.143. The normalized spacial score (nSPS) is 20.0. The van der Waals surface area contributed by atoms with Gasteiger partial charge in [-0.15, -0.1) is 12.4 Å². The van der Waals surface area contributed by atoms with Gasteiger partial charge in [0, 0.05) is 17.1 Å². The molecule has 10 heteroatoms. The van der Waals surface area contributed by atoms with Crippen LogP contribution in [0.2, 0.25) is 5.02 Å². The number of hydrogen-bond donors (Lipinski definition) is 2. The zero-order valence-corrected chi connectivity index (χ0v) is 15.7. The fraction of sp³-hybridized carbons (Fsp3) is 0.412. The minimum atomic E-state index is -4.74. The van der Waals surface area contributed by atoms with Gasteiger partial charge in [-0.3, -0.25) is 4.79 Å². The van der Waals surface area contributed by atoms with Gasteiger partial charge in [0.1, 0.15) is 0 Å². The molecular weight excluding hydrogens is 404 g/mol. The third-order valence-corrected chi connectivity index (χ3v) is 4.71. The number of hydrogen-bond acceptors (Lipinski definition) is 3. The zero-order chi connectivity index (χ0) is 18.9. The minimum Gasteiger partial charge on any atom is -0.349 e. The van der Waals surface area contributed by atoms with Gasteiger partial charge in [0.05, 0.1) is 17.4 Å². The van der Waals surface area contributed by atoms with E-state index in [-0.39, 0.29) is 30.2 Å². The maximum Gasteiger partial charge on any atom is 0.434 e. The highest BCUT2D eigenvalue weighted by atomic mass is 35.5. The predicted molar refractivity (Wildman–Crippen MR) is 98.5 cm³/mol. The van der Waals surface area contributed by atoms with Crippen LogP contribution in [-0.4, -0.2) is 27.8 Å². The Morgan fingerprint density at radius 2 is 1.78 bits per heavy atom. The summed E-state index contributed by atoms with van der Waals surface area (Å²) in [5, 5.41) is 6.85. The van der Waals surface area contributed by atoms with Gasteiger partial charge >= 0.3 is 6.18 Å². The second kappa shape index (κ2) is 8.50. The van der Waals surface area contributed by atoms with E-state index in [2.05, 4.69) is 10.4 Å². The molecule has 0 atom stereocenters. The third-order valence-electron chi connectivity index (χ3n) is 4.46. The van der Waals surface area contributed by atoms with Crippen molar-refractivity contribution in [3.63, 3.8) is 0 Å². The van der Waals surface area contributed by atoms with Crippen molar-refractivity contribution in [2.45, 2.75) is 43.9 Å². The zero-order valence-electron chi connectivity index (χ0n) is 14.2. The fourth-order valence-corrected chi connectivity index (χ4v) is 3.22. The molecule has 3 N–H and O–H groups in total. The molecule has 1 aliphatic carbocycles. The highest BCUT2D eigenvalue weighted by Gasteiger charge is 2.41. The first kappa shape index (κ1) is 21.5. The number of alkyl halides is 3. The second-order valence-corrected chi connectivity index (χ2v) is 6.81. The smallest absolute Gasteiger partial charge is 0.349 e. The Morgan fingerprint density at radius 1 is 1.19 bits per heavy atom. The van der Waals surface area contributed by atoms with Gasteiger partial charge in [0.25, 0.3) is 5.91 Å². The summed E-state index contributed by atoms with van der Waals surface area (Å²) in [5.74, 6) is -0.780. The summed E-state index contributed by atoms with van der Waals surface area (Å²) in [7, 11) is 0. The van der Waals surface area contributed by atoms with Crippen LogP contribution < -0.4 is 11.1 Å². The Kier molecular flexibility index (Phi) is 6.77. The topological polar surface area (TPSA) is 72.9 Å². The first-order chi connectivity index (χ1) is 12.3. The molecule has 1 saturated carbocycles. The summed E-state index contributed by atoms with van der Waals surface area (Å²) in [4.78, 5) is 12.4. The van der Waals surface area contributed by atoms with Crippen molar-refractivity contribution in [3.8, 4) is 5.69 Å². The van der Waals surface area contributed by atoms with Gasteiger partial charge in [-0.1, -0.05) is 11.6 Å². The Balaban J connectivity index is 0.00000261. The summed E-state index contributed by atoms with van der Waals surface area (Å²) in [6, 6.07) is 5.65. The van der Waals surface area contributed by atoms with E-state index >= 15 is 0 Å². The highest BCUT2D eigenvalue weighted by molar-refractivity contribution is 6.30. The SMILES string of the molecule is Cl.NC1CCC(NC(=O)c2cnn(-c3ccc(Cl)cc3)c2C(F)(F)F)CC1. The molecule has 3 rings (SSSR count). The number of benzene rings is 1. The Hall–Kier alpha value is -1.77. The number of nitrogens with one attached hydrogen (secondary N) is 1. The molecule has 0 spiro atoms. The van der Waals surface area contributed by atoms with E-state index in [1.165, 1.54) is 24.3 Å². The van der Waals surface area contributed by atoms with Crippen LogP contribution in [0.15, 0.2) is 30.5 Å². The van der Waals surface area contributed by atoms with Gasteiger partial charge < -0.3 is 11.1 Å². The van der Waals surface area contributed by atoms with E-state index in [1.807, 2.05) is 0 Å². The largest absolute Gasteiger partial charge is 0.434 e. The van der Waals surface area contributed by atoms with Crippen molar-refractivity contribution in [2.24, 2.45) is 5.73 Å². The summed E-state index contributed by atoms with van der Waals surface area (Å²) < 4.78 is 41.6. The lowest BCUT2D eigenvalue weighted by Crippen LogP contribution is -2.41. The number of carbonyl (C=O) groups excluding carboxylic acids is 1. The molecular formula is C17H19Cl2F3N4O. The van der Waals surface area contributed by atoms with Crippen LogP contribution in [0.1, 0.15) is 41.7 Å². The molecule has 0 radical (unpaired) electrons. The highest BCUT2D eigenvalue weighted by Crippen LogP contribution is 2.34. The molecule has 1 amide bonds. The van der Waals surface area contributed by atoms with Crippen molar-refractivity contribution in [2.75, 3.05) is 0 Å².